The van der Waals surface area contributed by atoms with Crippen LogP contribution in [-0.2, 0) is 8.85 Å². The predicted octanol–water partition coefficient (Wildman–Crippen LogP) is 7.39. The van der Waals surface area contributed by atoms with Crippen LogP contribution < -0.4 is 5.19 Å². The van der Waals surface area contributed by atoms with Crippen LogP contribution in [0.2, 0.25) is 0 Å². The maximum Gasteiger partial charge on any atom is 0.423 e. The molecule has 6 rings (SSSR count). The molecule has 0 aliphatic rings. The molecule has 157 valence electrons. The topological polar surface area (TPSA) is 18.5 Å². The predicted molar refractivity (Wildman–Crippen MR) is 142 cm³/mol. The number of hydrogen-bond donors (Lipinski definition) is 0. The molecule has 0 bridgehead atoms. The van der Waals surface area contributed by atoms with E-state index in [9.17, 15) is 0 Å². The van der Waals surface area contributed by atoms with Crippen LogP contribution in [0.25, 0.3) is 51.5 Å². The lowest BCUT2D eigenvalue weighted by Gasteiger charge is -2.09. The van der Waals surface area contributed by atoms with Gasteiger partial charge in [0.05, 0.1) is 0 Å². The number of benzene rings is 4. The first-order valence-corrected chi connectivity index (χ1v) is 13.4. The monoisotopic (exact) mass is 469 g/mol. The average molecular weight is 470 g/mol. The Morgan fingerprint density at radius 2 is 1.03 bits per heavy atom. The molecule has 0 saturated heterocycles. The third-order valence-corrected chi connectivity index (χ3v) is 9.80. The summed E-state index contributed by atoms with van der Waals surface area (Å²) in [5.74, 6) is 0. The lowest BCUT2D eigenvalue weighted by molar-refractivity contribution is 0.292. The van der Waals surface area contributed by atoms with Gasteiger partial charge in [-0.05, 0) is 53.1 Å². The van der Waals surface area contributed by atoms with Gasteiger partial charge in [0, 0.05) is 54.6 Å². The van der Waals surface area contributed by atoms with Crippen LogP contribution in [0.5, 0.6) is 0 Å². The molecule has 0 unspecified atom stereocenters. The normalized spacial score (nSPS) is 12.1. The van der Waals surface area contributed by atoms with Crippen LogP contribution in [0.1, 0.15) is 5.56 Å². The first kappa shape index (κ1) is 20.1. The van der Waals surface area contributed by atoms with E-state index >= 15 is 0 Å². The second-order valence-electron chi connectivity index (χ2n) is 8.03. The Kier molecular flexibility index (Phi) is 4.89. The van der Waals surface area contributed by atoms with Crippen molar-refractivity contribution < 1.29 is 8.85 Å². The zero-order valence-corrected chi connectivity index (χ0v) is 20.7. The Labute approximate surface area is 196 Å². The Hall–Kier alpha value is -2.54. The summed E-state index contributed by atoms with van der Waals surface area (Å²) in [4.78, 5) is 0. The molecule has 0 amide bonds. The lowest BCUT2D eigenvalue weighted by Crippen LogP contribution is -2.34. The molecule has 2 nitrogen and oxygen atoms in total. The molecule has 1 radical (unpaired) electrons. The Morgan fingerprint density at radius 1 is 0.562 bits per heavy atom. The summed E-state index contributed by atoms with van der Waals surface area (Å²) in [5, 5.41) is 6.44. The summed E-state index contributed by atoms with van der Waals surface area (Å²) in [5.41, 5.74) is 3.84. The van der Waals surface area contributed by atoms with Gasteiger partial charge in [-0.2, -0.15) is 0 Å². The van der Waals surface area contributed by atoms with Crippen molar-refractivity contribution in [2.75, 3.05) is 14.2 Å². The number of fused-ring (bicyclic) bond motifs is 6. The molecule has 6 aromatic rings. The molecule has 2 aromatic heterocycles. The van der Waals surface area contributed by atoms with Crippen molar-refractivity contribution in [2.45, 2.75) is 6.92 Å². The Morgan fingerprint density at radius 3 is 1.59 bits per heavy atom. The van der Waals surface area contributed by atoms with Crippen molar-refractivity contribution in [3.05, 3.63) is 78.4 Å². The number of rotatable bonds is 4. The smallest absolute Gasteiger partial charge is 0.393 e. The van der Waals surface area contributed by atoms with E-state index in [0.29, 0.717) is 0 Å². The molecule has 0 aliphatic heterocycles. The van der Waals surface area contributed by atoms with E-state index < -0.39 is 9.28 Å². The highest BCUT2D eigenvalue weighted by atomic mass is 32.1. The van der Waals surface area contributed by atoms with Crippen LogP contribution in [-0.4, -0.2) is 23.5 Å². The maximum atomic E-state index is 5.53. The van der Waals surface area contributed by atoms with E-state index in [4.69, 9.17) is 8.85 Å². The molecular formula is C27H21O2S2Si. The molecule has 0 atom stereocenters. The van der Waals surface area contributed by atoms with Crippen molar-refractivity contribution in [1.29, 1.82) is 0 Å². The molecule has 0 saturated carbocycles. The summed E-state index contributed by atoms with van der Waals surface area (Å²) in [6.07, 6.45) is 0. The van der Waals surface area contributed by atoms with Gasteiger partial charge in [0.1, 0.15) is 0 Å². The van der Waals surface area contributed by atoms with Crippen LogP contribution in [0.3, 0.4) is 0 Å². The number of thiophene rings is 2. The van der Waals surface area contributed by atoms with Crippen LogP contribution in [0.4, 0.5) is 0 Å². The summed E-state index contributed by atoms with van der Waals surface area (Å²) in [6.45, 7) is 2.16. The maximum absolute atomic E-state index is 5.53. The Balaban J connectivity index is 1.46. The second-order valence-corrected chi connectivity index (χ2v) is 12.2. The third-order valence-electron chi connectivity index (χ3n) is 6.04. The quantitative estimate of drug-likeness (QED) is 0.251. The fraction of sp³-hybridized carbons (Fsp3) is 0.111. The minimum Gasteiger partial charge on any atom is -0.393 e. The third kappa shape index (κ3) is 3.20. The fourth-order valence-electron chi connectivity index (χ4n) is 4.47. The van der Waals surface area contributed by atoms with Crippen LogP contribution in [0.15, 0.2) is 72.8 Å². The summed E-state index contributed by atoms with van der Waals surface area (Å²) in [7, 11) is 2.03. The van der Waals surface area contributed by atoms with E-state index in [1.165, 1.54) is 57.0 Å². The van der Waals surface area contributed by atoms with E-state index in [2.05, 4.69) is 79.7 Å². The van der Waals surface area contributed by atoms with Gasteiger partial charge >= 0.3 is 9.28 Å². The highest BCUT2D eigenvalue weighted by molar-refractivity contribution is 7.26. The Bertz CT molecular complexity index is 1630. The van der Waals surface area contributed by atoms with Crippen molar-refractivity contribution in [2.24, 2.45) is 0 Å². The van der Waals surface area contributed by atoms with Gasteiger partial charge in [-0.25, -0.2) is 0 Å². The molecule has 32 heavy (non-hydrogen) atoms. The first-order valence-electron chi connectivity index (χ1n) is 10.5. The molecule has 0 spiro atoms. The van der Waals surface area contributed by atoms with Crippen molar-refractivity contribution in [3.8, 4) is 11.1 Å². The van der Waals surface area contributed by atoms with Gasteiger partial charge in [-0.15, -0.1) is 22.7 Å². The summed E-state index contributed by atoms with van der Waals surface area (Å²) in [6, 6.07) is 27.0. The highest BCUT2D eigenvalue weighted by Crippen LogP contribution is 2.39. The minimum atomic E-state index is -1.41. The molecule has 4 aromatic carbocycles. The van der Waals surface area contributed by atoms with Crippen LogP contribution >= 0.6 is 22.7 Å². The summed E-state index contributed by atoms with van der Waals surface area (Å²) >= 11 is 3.72. The first-order chi connectivity index (χ1) is 15.6. The zero-order chi connectivity index (χ0) is 21.8. The van der Waals surface area contributed by atoms with Gasteiger partial charge in [-0.3, -0.25) is 0 Å². The van der Waals surface area contributed by atoms with Gasteiger partial charge < -0.3 is 8.85 Å². The van der Waals surface area contributed by atoms with Gasteiger partial charge in [0.25, 0.3) is 0 Å². The van der Waals surface area contributed by atoms with E-state index in [-0.39, 0.29) is 0 Å². The second kappa shape index (κ2) is 7.80. The standard InChI is InChI=1S/C27H21O2S2Si/c1-16-4-8-20-21-9-5-17(13-25(21)30-24(20)12-16)18-6-10-22-23-11-7-19(32(28-2)29-3)15-27(23)31-26(22)14-18/h4-15H,1-3H3. The van der Waals surface area contributed by atoms with Gasteiger partial charge in [0.15, 0.2) is 0 Å². The number of hydrogen-bond acceptors (Lipinski definition) is 4. The minimum absolute atomic E-state index is 1.14. The lowest BCUT2D eigenvalue weighted by atomic mass is 10.0. The zero-order valence-electron chi connectivity index (χ0n) is 18.1. The number of aryl methyl sites for hydroxylation is 1. The van der Waals surface area contributed by atoms with Crippen molar-refractivity contribution in [3.63, 3.8) is 0 Å². The molecule has 5 heteroatoms. The average Bonchev–Trinajstić information content (AvgIpc) is 3.35. The van der Waals surface area contributed by atoms with E-state index in [1.807, 2.05) is 22.7 Å². The van der Waals surface area contributed by atoms with Crippen LogP contribution in [0, 0.1) is 6.92 Å². The van der Waals surface area contributed by atoms with E-state index in [1.54, 1.807) is 14.2 Å². The highest BCUT2D eigenvalue weighted by Gasteiger charge is 2.17. The van der Waals surface area contributed by atoms with Crippen molar-refractivity contribution in [1.82, 2.24) is 0 Å². The van der Waals surface area contributed by atoms with E-state index in [0.717, 1.165) is 5.19 Å². The molecule has 0 fully saturated rings. The summed E-state index contributed by atoms with van der Waals surface area (Å²) < 4.78 is 16.4. The molecular weight excluding hydrogens is 449 g/mol. The molecule has 0 N–H and O–H groups in total. The van der Waals surface area contributed by atoms with Crippen molar-refractivity contribution >= 4 is 77.5 Å². The largest absolute Gasteiger partial charge is 0.423 e. The molecule has 0 aliphatic carbocycles. The molecule has 2 heterocycles. The van der Waals surface area contributed by atoms with Gasteiger partial charge in [0.2, 0.25) is 0 Å². The fourth-order valence-corrected chi connectivity index (χ4v) is 8.12. The SMILES string of the molecule is CO[Si](OC)c1ccc2c(c1)sc1cc(-c3ccc4c(c3)sc3cc(C)ccc34)ccc12. The van der Waals surface area contributed by atoms with Gasteiger partial charge in [-0.1, -0.05) is 48.5 Å².